The summed E-state index contributed by atoms with van der Waals surface area (Å²) < 4.78 is 35.0. The minimum atomic E-state index is -3.75. The second-order valence-electron chi connectivity index (χ2n) is 3.22. The Bertz CT molecular complexity index is 418. The van der Waals surface area contributed by atoms with E-state index in [1.165, 1.54) is 0 Å². The molecule has 0 radical (unpaired) electrons. The molecule has 0 spiro atoms. The van der Waals surface area contributed by atoms with Gasteiger partial charge < -0.3 is 14.8 Å². The van der Waals surface area contributed by atoms with Crippen LogP contribution in [0, 0.1) is 0 Å². The smallest absolute Gasteiger partial charge is 0.331 e. The number of methoxy groups -OCH3 is 1. The zero-order chi connectivity index (χ0) is 14.9. The van der Waals surface area contributed by atoms with Gasteiger partial charge >= 0.3 is 11.9 Å². The van der Waals surface area contributed by atoms with Crippen LogP contribution in [-0.4, -0.2) is 59.4 Å². The maximum Gasteiger partial charge on any atom is 0.331 e. The molecule has 0 saturated carbocycles. The van der Waals surface area contributed by atoms with Gasteiger partial charge in [-0.15, -0.1) is 0 Å². The summed E-state index contributed by atoms with van der Waals surface area (Å²) in [5, 5.41) is 2.10. The van der Waals surface area contributed by atoms with Crippen LogP contribution in [0.4, 0.5) is 0 Å². The molecule has 0 fully saturated rings. The summed E-state index contributed by atoms with van der Waals surface area (Å²) in [6.45, 7) is -0.447. The average Bonchev–Trinajstić information content (AvgIpc) is 2.40. The molecule has 1 atom stereocenters. The molecule has 0 aliphatic heterocycles. The molecule has 0 rings (SSSR count). The summed E-state index contributed by atoms with van der Waals surface area (Å²) in [4.78, 5) is 32.6. The van der Waals surface area contributed by atoms with E-state index in [2.05, 4.69) is 19.0 Å². The second-order valence-corrected chi connectivity index (χ2v) is 5.08. The monoisotopic (exact) mass is 297 g/mol. The lowest BCUT2D eigenvalue weighted by Crippen LogP contribution is -2.41. The van der Waals surface area contributed by atoms with Gasteiger partial charge in [-0.3, -0.25) is 13.8 Å². The average molecular weight is 297 g/mol. The number of nitrogens with one attached hydrogen (secondary N) is 1. The fourth-order valence-corrected chi connectivity index (χ4v) is 1.53. The molecule has 0 aliphatic carbocycles. The van der Waals surface area contributed by atoms with Gasteiger partial charge in [-0.1, -0.05) is 0 Å². The molecule has 0 aromatic carbocycles. The maximum atomic E-state index is 11.2. The standard InChI is InChI=1S/C9H15NO8S/c1-16-9(13)7(10-6-11)5-18-8(12)3-4-19(14,15)17-2/h6-7H,3-5H2,1-2H3,(H,10,11). The van der Waals surface area contributed by atoms with E-state index in [1.54, 1.807) is 0 Å². The van der Waals surface area contributed by atoms with Gasteiger partial charge in [0.15, 0.2) is 6.04 Å². The zero-order valence-corrected chi connectivity index (χ0v) is 11.3. The molecule has 19 heavy (non-hydrogen) atoms. The fraction of sp³-hybridized carbons (Fsp3) is 0.667. The van der Waals surface area contributed by atoms with Crippen LogP contribution in [0.15, 0.2) is 0 Å². The minimum Gasteiger partial charge on any atom is -0.467 e. The normalized spacial score (nSPS) is 12.3. The SMILES string of the molecule is COC(=O)C(COC(=O)CCS(=O)(=O)OC)NC=O. The number of carbonyl (C=O) groups excluding carboxylic acids is 3. The Labute approximate surface area is 110 Å². The molecule has 1 unspecified atom stereocenters. The van der Waals surface area contributed by atoms with Gasteiger partial charge in [0.05, 0.1) is 26.4 Å². The topological polar surface area (TPSA) is 125 Å². The Hall–Kier alpha value is -1.68. The van der Waals surface area contributed by atoms with Crippen molar-refractivity contribution in [2.75, 3.05) is 26.6 Å². The van der Waals surface area contributed by atoms with Gasteiger partial charge in [-0.05, 0) is 0 Å². The van der Waals surface area contributed by atoms with Crippen molar-refractivity contribution >= 4 is 28.5 Å². The summed E-state index contributed by atoms with van der Waals surface area (Å²) in [6.07, 6.45) is -0.171. The van der Waals surface area contributed by atoms with Crippen molar-refractivity contribution in [3.8, 4) is 0 Å². The number of hydrogen-bond donors (Lipinski definition) is 1. The highest BCUT2D eigenvalue weighted by Gasteiger charge is 2.21. The summed E-state index contributed by atoms with van der Waals surface area (Å²) in [6, 6.07) is -1.13. The quantitative estimate of drug-likeness (QED) is 0.300. The molecule has 1 amide bonds. The number of carbonyl (C=O) groups is 3. The van der Waals surface area contributed by atoms with Gasteiger partial charge in [-0.2, -0.15) is 8.42 Å². The molecule has 0 heterocycles. The van der Waals surface area contributed by atoms with Gasteiger partial charge in [0.25, 0.3) is 10.1 Å². The highest BCUT2D eigenvalue weighted by molar-refractivity contribution is 7.86. The van der Waals surface area contributed by atoms with Crippen LogP contribution in [0.25, 0.3) is 0 Å². The minimum absolute atomic E-state index is 0.255. The first kappa shape index (κ1) is 17.3. The number of ether oxygens (including phenoxy) is 2. The molecule has 0 aromatic rings. The third kappa shape index (κ3) is 7.36. The zero-order valence-electron chi connectivity index (χ0n) is 10.5. The van der Waals surface area contributed by atoms with Crippen molar-refractivity contribution < 1.29 is 36.5 Å². The van der Waals surface area contributed by atoms with Gasteiger partial charge in [-0.25, -0.2) is 4.79 Å². The maximum absolute atomic E-state index is 11.2. The predicted octanol–water partition coefficient (Wildman–Crippen LogP) is -1.82. The molecule has 1 N–H and O–H groups in total. The molecule has 0 bridgehead atoms. The van der Waals surface area contributed by atoms with Crippen LogP contribution < -0.4 is 5.32 Å². The summed E-state index contributed by atoms with van der Waals surface area (Å²) in [5.41, 5.74) is 0. The Kier molecular flexibility index (Phi) is 7.68. The molecular formula is C9H15NO8S. The largest absolute Gasteiger partial charge is 0.467 e. The highest BCUT2D eigenvalue weighted by Crippen LogP contribution is 1.98. The highest BCUT2D eigenvalue weighted by atomic mass is 32.2. The van der Waals surface area contributed by atoms with Crippen molar-refractivity contribution in [1.29, 1.82) is 0 Å². The third-order valence-corrected chi connectivity index (χ3v) is 3.19. The predicted molar refractivity (Wildman–Crippen MR) is 61.4 cm³/mol. The summed E-state index contributed by atoms with van der Waals surface area (Å²) in [7, 11) is -1.67. The van der Waals surface area contributed by atoms with Crippen LogP contribution in [0.5, 0.6) is 0 Å². The molecule has 0 saturated heterocycles. The molecule has 9 nitrogen and oxygen atoms in total. The van der Waals surface area contributed by atoms with Crippen LogP contribution in [0.3, 0.4) is 0 Å². The molecule has 0 aromatic heterocycles. The van der Waals surface area contributed by atoms with E-state index >= 15 is 0 Å². The molecule has 10 heteroatoms. The lowest BCUT2D eigenvalue weighted by Gasteiger charge is -2.13. The second kappa shape index (κ2) is 8.43. The van der Waals surface area contributed by atoms with E-state index in [0.717, 1.165) is 14.2 Å². The number of esters is 2. The van der Waals surface area contributed by atoms with Gasteiger partial charge in [0.1, 0.15) is 6.61 Å². The molecular weight excluding hydrogens is 282 g/mol. The van der Waals surface area contributed by atoms with Gasteiger partial charge in [0, 0.05) is 0 Å². The van der Waals surface area contributed by atoms with Gasteiger partial charge in [0.2, 0.25) is 6.41 Å². The number of rotatable bonds is 9. The molecule has 0 aliphatic rings. The van der Waals surface area contributed by atoms with Crippen molar-refractivity contribution in [2.24, 2.45) is 0 Å². The third-order valence-electron chi connectivity index (χ3n) is 1.98. The van der Waals surface area contributed by atoms with E-state index in [-0.39, 0.29) is 6.41 Å². The van der Waals surface area contributed by atoms with Crippen molar-refractivity contribution in [2.45, 2.75) is 12.5 Å². The van der Waals surface area contributed by atoms with E-state index in [9.17, 15) is 22.8 Å². The Morgan fingerprint density at radius 1 is 1.32 bits per heavy atom. The van der Waals surface area contributed by atoms with Crippen LogP contribution >= 0.6 is 0 Å². The van der Waals surface area contributed by atoms with Crippen molar-refractivity contribution in [1.82, 2.24) is 5.32 Å². The lowest BCUT2D eigenvalue weighted by molar-refractivity contribution is -0.151. The van der Waals surface area contributed by atoms with E-state index in [0.29, 0.717) is 0 Å². The van der Waals surface area contributed by atoms with E-state index < -0.39 is 46.9 Å². The first-order chi connectivity index (χ1) is 8.86. The Morgan fingerprint density at radius 2 is 1.95 bits per heavy atom. The van der Waals surface area contributed by atoms with E-state index in [1.807, 2.05) is 0 Å². The lowest BCUT2D eigenvalue weighted by atomic mass is 10.3. The molecule has 110 valence electrons. The number of amides is 1. The van der Waals surface area contributed by atoms with E-state index in [4.69, 9.17) is 0 Å². The van der Waals surface area contributed by atoms with Crippen molar-refractivity contribution in [3.63, 3.8) is 0 Å². The first-order valence-electron chi connectivity index (χ1n) is 5.07. The summed E-state index contributed by atoms with van der Waals surface area (Å²) in [5.74, 6) is -2.17. The fourth-order valence-electron chi connectivity index (χ4n) is 0.949. The number of hydrogen-bond acceptors (Lipinski definition) is 8. The Morgan fingerprint density at radius 3 is 2.42 bits per heavy atom. The van der Waals surface area contributed by atoms with Crippen LogP contribution in [0.2, 0.25) is 0 Å². The first-order valence-corrected chi connectivity index (χ1v) is 6.65. The Balaban J connectivity index is 4.19. The van der Waals surface area contributed by atoms with Crippen molar-refractivity contribution in [3.05, 3.63) is 0 Å². The van der Waals surface area contributed by atoms with Crippen LogP contribution in [0.1, 0.15) is 6.42 Å². The van der Waals surface area contributed by atoms with Crippen LogP contribution in [-0.2, 0) is 38.2 Å². The summed E-state index contributed by atoms with van der Waals surface area (Å²) >= 11 is 0.